The number of carboxylic acid groups (broad SMARTS) is 1. The number of rotatable bonds is 4. The molecule has 19 heavy (non-hydrogen) atoms. The summed E-state index contributed by atoms with van der Waals surface area (Å²) in [6.45, 7) is -0.175. The van der Waals surface area contributed by atoms with Gasteiger partial charge in [0.2, 0.25) is 5.88 Å². The van der Waals surface area contributed by atoms with E-state index in [1.807, 2.05) is 0 Å². The fraction of sp³-hybridized carbons (Fsp3) is 0.0769. The fourth-order valence-electron chi connectivity index (χ4n) is 1.51. The zero-order valence-corrected chi connectivity index (χ0v) is 9.64. The average Bonchev–Trinajstić information content (AvgIpc) is 2.35. The lowest BCUT2D eigenvalue weighted by Crippen LogP contribution is -2.05. The molecule has 1 aromatic carbocycles. The second kappa shape index (κ2) is 5.43. The molecule has 0 bridgehead atoms. The fourth-order valence-corrected chi connectivity index (χ4v) is 1.51. The highest BCUT2D eigenvalue weighted by Gasteiger charge is 2.12. The highest BCUT2D eigenvalue weighted by Crippen LogP contribution is 2.16. The summed E-state index contributed by atoms with van der Waals surface area (Å²) in [6.07, 6.45) is 1.37. The summed E-state index contributed by atoms with van der Waals surface area (Å²) in [6, 6.07) is 5.74. The number of hydrogen-bond donors (Lipinski definition) is 1. The topological polar surface area (TPSA) is 59.4 Å². The molecule has 1 aromatic heterocycles. The number of benzene rings is 1. The Balaban J connectivity index is 2.16. The van der Waals surface area contributed by atoms with E-state index in [4.69, 9.17) is 9.84 Å². The second-order valence-electron chi connectivity index (χ2n) is 3.73. The highest BCUT2D eigenvalue weighted by atomic mass is 19.1. The molecular weight excluding hydrogens is 256 g/mol. The molecular formula is C13H9F2NO3. The van der Waals surface area contributed by atoms with Gasteiger partial charge >= 0.3 is 5.97 Å². The van der Waals surface area contributed by atoms with E-state index in [2.05, 4.69) is 4.98 Å². The van der Waals surface area contributed by atoms with Gasteiger partial charge in [-0.2, -0.15) is 0 Å². The minimum atomic E-state index is -1.19. The van der Waals surface area contributed by atoms with Gasteiger partial charge in [-0.1, -0.05) is 0 Å². The molecule has 2 aromatic rings. The molecule has 0 radical (unpaired) electrons. The third-order valence-corrected chi connectivity index (χ3v) is 2.30. The summed E-state index contributed by atoms with van der Waals surface area (Å²) in [7, 11) is 0. The molecule has 0 atom stereocenters. The van der Waals surface area contributed by atoms with Crippen LogP contribution in [0.1, 0.15) is 15.9 Å². The van der Waals surface area contributed by atoms with E-state index in [0.717, 1.165) is 18.2 Å². The molecule has 0 unspecified atom stereocenters. The quantitative estimate of drug-likeness (QED) is 0.923. The van der Waals surface area contributed by atoms with Gasteiger partial charge in [-0.05, 0) is 29.8 Å². The first-order chi connectivity index (χ1) is 9.06. The van der Waals surface area contributed by atoms with Gasteiger partial charge in [-0.15, -0.1) is 0 Å². The van der Waals surface area contributed by atoms with E-state index < -0.39 is 17.6 Å². The van der Waals surface area contributed by atoms with Crippen molar-refractivity contribution in [3.8, 4) is 5.88 Å². The molecule has 0 spiro atoms. The van der Waals surface area contributed by atoms with Crippen molar-refractivity contribution in [3.63, 3.8) is 0 Å². The zero-order chi connectivity index (χ0) is 13.8. The number of halogens is 2. The lowest BCUT2D eigenvalue weighted by atomic mass is 10.2. The van der Waals surface area contributed by atoms with E-state index >= 15 is 0 Å². The van der Waals surface area contributed by atoms with Crippen molar-refractivity contribution in [2.24, 2.45) is 0 Å². The Morgan fingerprint density at radius 3 is 2.58 bits per heavy atom. The summed E-state index contributed by atoms with van der Waals surface area (Å²) >= 11 is 0. The summed E-state index contributed by atoms with van der Waals surface area (Å²) in [4.78, 5) is 14.7. The van der Waals surface area contributed by atoms with Crippen LogP contribution in [0.4, 0.5) is 8.78 Å². The van der Waals surface area contributed by atoms with Gasteiger partial charge in [0.1, 0.15) is 23.8 Å². The molecule has 1 N–H and O–H groups in total. The van der Waals surface area contributed by atoms with Gasteiger partial charge < -0.3 is 9.84 Å². The SMILES string of the molecule is O=C(O)c1cccnc1OCc1cc(F)cc(F)c1. The average molecular weight is 265 g/mol. The van der Waals surface area contributed by atoms with E-state index in [1.54, 1.807) is 0 Å². The number of pyridine rings is 1. The summed E-state index contributed by atoms with van der Waals surface area (Å²) < 4.78 is 31.1. The Hall–Kier alpha value is -2.50. The predicted octanol–water partition coefficient (Wildman–Crippen LogP) is 2.64. The summed E-state index contributed by atoms with van der Waals surface area (Å²) in [5.74, 6) is -2.73. The van der Waals surface area contributed by atoms with Crippen LogP contribution in [0.5, 0.6) is 5.88 Å². The molecule has 1 heterocycles. The molecule has 0 fully saturated rings. The van der Waals surface area contributed by atoms with Gasteiger partial charge in [-0.3, -0.25) is 0 Å². The van der Waals surface area contributed by atoms with Crippen LogP contribution in [-0.4, -0.2) is 16.1 Å². The molecule has 0 aliphatic rings. The zero-order valence-electron chi connectivity index (χ0n) is 9.64. The Morgan fingerprint density at radius 2 is 1.95 bits per heavy atom. The summed E-state index contributed by atoms with van der Waals surface area (Å²) in [5, 5.41) is 8.91. The molecule has 4 nitrogen and oxygen atoms in total. The van der Waals surface area contributed by atoms with Crippen LogP contribution in [0.25, 0.3) is 0 Å². The number of ether oxygens (including phenoxy) is 1. The van der Waals surface area contributed by atoms with Gasteiger partial charge in [0.25, 0.3) is 0 Å². The lowest BCUT2D eigenvalue weighted by molar-refractivity contribution is 0.0690. The van der Waals surface area contributed by atoms with Crippen LogP contribution in [-0.2, 0) is 6.61 Å². The first-order valence-corrected chi connectivity index (χ1v) is 5.32. The number of carbonyl (C=O) groups is 1. The van der Waals surface area contributed by atoms with E-state index in [1.165, 1.54) is 18.3 Å². The predicted molar refractivity (Wildman–Crippen MR) is 61.9 cm³/mol. The lowest BCUT2D eigenvalue weighted by Gasteiger charge is -2.07. The third kappa shape index (κ3) is 3.25. The van der Waals surface area contributed by atoms with Gasteiger partial charge in [0.05, 0.1) is 0 Å². The Kier molecular flexibility index (Phi) is 3.70. The second-order valence-corrected chi connectivity index (χ2v) is 3.73. The normalized spacial score (nSPS) is 10.2. The number of nitrogens with zero attached hydrogens (tertiary/aromatic N) is 1. The largest absolute Gasteiger partial charge is 0.477 e. The van der Waals surface area contributed by atoms with E-state index in [0.29, 0.717) is 0 Å². The standard InChI is InChI=1S/C13H9F2NO3/c14-9-4-8(5-10(15)6-9)7-19-12-11(13(17)18)2-1-3-16-12/h1-6H,7H2,(H,17,18). The summed E-state index contributed by atoms with van der Waals surface area (Å²) in [5.41, 5.74) is 0.138. The van der Waals surface area contributed by atoms with Gasteiger partial charge in [0, 0.05) is 12.3 Å². The molecule has 0 aliphatic heterocycles. The number of aromatic nitrogens is 1. The van der Waals surface area contributed by atoms with Crippen molar-refractivity contribution >= 4 is 5.97 Å². The molecule has 6 heteroatoms. The van der Waals surface area contributed by atoms with Crippen LogP contribution < -0.4 is 4.74 Å². The minimum absolute atomic E-state index is 0.0975. The van der Waals surface area contributed by atoms with Gasteiger partial charge in [-0.25, -0.2) is 18.6 Å². The molecule has 0 saturated heterocycles. The van der Waals surface area contributed by atoms with E-state index in [-0.39, 0.29) is 23.6 Å². The number of hydrogen-bond acceptors (Lipinski definition) is 3. The smallest absolute Gasteiger partial charge is 0.341 e. The molecule has 0 amide bonds. The molecule has 0 saturated carbocycles. The van der Waals surface area contributed by atoms with Crippen molar-refractivity contribution in [2.75, 3.05) is 0 Å². The van der Waals surface area contributed by atoms with Crippen LogP contribution in [0.15, 0.2) is 36.5 Å². The van der Waals surface area contributed by atoms with Crippen LogP contribution in [0.2, 0.25) is 0 Å². The molecule has 0 aliphatic carbocycles. The molecule has 98 valence electrons. The first kappa shape index (κ1) is 12.9. The van der Waals surface area contributed by atoms with Crippen LogP contribution in [0.3, 0.4) is 0 Å². The number of carboxylic acids is 1. The molecule has 2 rings (SSSR count). The third-order valence-electron chi connectivity index (χ3n) is 2.30. The van der Waals surface area contributed by atoms with Crippen molar-refractivity contribution < 1.29 is 23.4 Å². The highest BCUT2D eigenvalue weighted by molar-refractivity contribution is 5.90. The van der Waals surface area contributed by atoms with Crippen LogP contribution in [0, 0.1) is 11.6 Å². The Morgan fingerprint density at radius 1 is 1.26 bits per heavy atom. The van der Waals surface area contributed by atoms with Crippen LogP contribution >= 0.6 is 0 Å². The van der Waals surface area contributed by atoms with E-state index in [9.17, 15) is 13.6 Å². The van der Waals surface area contributed by atoms with Crippen molar-refractivity contribution in [2.45, 2.75) is 6.61 Å². The van der Waals surface area contributed by atoms with Crippen molar-refractivity contribution in [1.82, 2.24) is 4.98 Å². The monoisotopic (exact) mass is 265 g/mol. The maximum absolute atomic E-state index is 13.0. The van der Waals surface area contributed by atoms with Crippen molar-refractivity contribution in [3.05, 3.63) is 59.3 Å². The Bertz CT molecular complexity index is 596. The first-order valence-electron chi connectivity index (χ1n) is 5.32. The minimum Gasteiger partial charge on any atom is -0.477 e. The van der Waals surface area contributed by atoms with Crippen molar-refractivity contribution in [1.29, 1.82) is 0 Å². The maximum Gasteiger partial charge on any atom is 0.341 e. The Labute approximate surface area is 107 Å². The number of aromatic carboxylic acids is 1. The maximum atomic E-state index is 13.0. The van der Waals surface area contributed by atoms with Gasteiger partial charge in [0.15, 0.2) is 0 Å².